The third-order valence-corrected chi connectivity index (χ3v) is 3.90. The molecule has 0 spiro atoms. The van der Waals surface area contributed by atoms with Crippen molar-refractivity contribution in [3.05, 3.63) is 35.9 Å². The summed E-state index contributed by atoms with van der Waals surface area (Å²) < 4.78 is 10.9. The summed E-state index contributed by atoms with van der Waals surface area (Å²) in [6.07, 6.45) is 2.58. The number of likely N-dealkylation sites (tertiary alicyclic amines) is 1. The molecule has 4 heteroatoms. The Balaban J connectivity index is 2.12. The lowest BCUT2D eigenvalue weighted by atomic mass is 10.0. The minimum absolute atomic E-state index is 0.105. The predicted molar refractivity (Wildman–Crippen MR) is 86.9 cm³/mol. The molecule has 0 aliphatic carbocycles. The normalized spacial score (nSPS) is 21.9. The molecule has 1 heterocycles. The Bertz CT molecular complexity index is 481. The fourth-order valence-corrected chi connectivity index (χ4v) is 3.02. The quantitative estimate of drug-likeness (QED) is 0.852. The molecular formula is C18H27NO3. The van der Waals surface area contributed by atoms with Crippen LogP contribution in [0, 0.1) is 0 Å². The smallest absolute Gasteiger partial charge is 0.410 e. The molecular weight excluding hydrogens is 278 g/mol. The van der Waals surface area contributed by atoms with Gasteiger partial charge in [-0.3, -0.25) is 4.90 Å². The lowest BCUT2D eigenvalue weighted by molar-refractivity contribution is 0.00609. The Hall–Kier alpha value is -1.55. The van der Waals surface area contributed by atoms with Crippen LogP contribution in [0.4, 0.5) is 4.79 Å². The van der Waals surface area contributed by atoms with Gasteiger partial charge < -0.3 is 9.47 Å². The van der Waals surface area contributed by atoms with Gasteiger partial charge in [0.15, 0.2) is 0 Å². The van der Waals surface area contributed by atoms with Crippen LogP contribution in [-0.2, 0) is 15.9 Å². The number of hydrogen-bond acceptors (Lipinski definition) is 3. The summed E-state index contributed by atoms with van der Waals surface area (Å²) in [6, 6.07) is 10.6. The van der Waals surface area contributed by atoms with Gasteiger partial charge in [-0.15, -0.1) is 0 Å². The summed E-state index contributed by atoms with van der Waals surface area (Å²) in [5, 5.41) is 0. The van der Waals surface area contributed by atoms with Gasteiger partial charge in [0.1, 0.15) is 5.60 Å². The van der Waals surface area contributed by atoms with Crippen LogP contribution in [0.1, 0.15) is 39.2 Å². The van der Waals surface area contributed by atoms with Crippen molar-refractivity contribution in [1.29, 1.82) is 0 Å². The van der Waals surface area contributed by atoms with E-state index in [4.69, 9.17) is 9.47 Å². The monoisotopic (exact) mass is 305 g/mol. The third kappa shape index (κ3) is 4.47. The minimum atomic E-state index is -0.478. The second-order valence-corrected chi connectivity index (χ2v) is 6.92. The number of amides is 1. The Labute approximate surface area is 133 Å². The van der Waals surface area contributed by atoms with Crippen molar-refractivity contribution in [3.8, 4) is 0 Å². The highest BCUT2D eigenvalue weighted by atomic mass is 16.6. The van der Waals surface area contributed by atoms with Gasteiger partial charge in [-0.1, -0.05) is 30.3 Å². The molecule has 1 aliphatic heterocycles. The van der Waals surface area contributed by atoms with Crippen molar-refractivity contribution in [2.45, 2.75) is 57.7 Å². The van der Waals surface area contributed by atoms with E-state index in [0.717, 1.165) is 19.3 Å². The van der Waals surface area contributed by atoms with Crippen LogP contribution < -0.4 is 0 Å². The van der Waals surface area contributed by atoms with E-state index in [0.29, 0.717) is 6.61 Å². The number of rotatable bonds is 4. The number of ether oxygens (including phenoxy) is 2. The van der Waals surface area contributed by atoms with Crippen molar-refractivity contribution in [2.75, 3.05) is 13.7 Å². The molecule has 1 aromatic rings. The number of nitrogens with zero attached hydrogens (tertiary/aromatic N) is 1. The average Bonchev–Trinajstić information content (AvgIpc) is 2.81. The maximum atomic E-state index is 12.6. The van der Waals surface area contributed by atoms with Crippen LogP contribution in [-0.4, -0.2) is 42.4 Å². The molecule has 0 saturated carbocycles. The van der Waals surface area contributed by atoms with Crippen LogP contribution in [0.5, 0.6) is 0 Å². The standard InChI is InChI=1S/C18H27NO3/c1-18(2,3)22-17(20)19-15(10-11-16(19)13-21-4)12-14-8-6-5-7-9-14/h5-9,15-16H,10-13H2,1-4H3/t15?,16-/m0/s1. The minimum Gasteiger partial charge on any atom is -0.444 e. The molecule has 2 rings (SSSR count). The summed E-state index contributed by atoms with van der Waals surface area (Å²) in [5.41, 5.74) is 0.772. The summed E-state index contributed by atoms with van der Waals surface area (Å²) in [5.74, 6) is 0. The largest absolute Gasteiger partial charge is 0.444 e. The molecule has 1 aromatic carbocycles. The zero-order valence-electron chi connectivity index (χ0n) is 14.0. The van der Waals surface area contributed by atoms with Crippen molar-refractivity contribution >= 4 is 6.09 Å². The summed E-state index contributed by atoms with van der Waals surface area (Å²) >= 11 is 0. The topological polar surface area (TPSA) is 38.8 Å². The zero-order chi connectivity index (χ0) is 16.2. The number of methoxy groups -OCH3 is 1. The van der Waals surface area contributed by atoms with Gasteiger partial charge in [0.25, 0.3) is 0 Å². The Kier molecular flexibility index (Phi) is 5.46. The lowest BCUT2D eigenvalue weighted by Gasteiger charge is -2.32. The van der Waals surface area contributed by atoms with E-state index in [-0.39, 0.29) is 18.2 Å². The van der Waals surface area contributed by atoms with E-state index in [9.17, 15) is 4.79 Å². The number of hydrogen-bond donors (Lipinski definition) is 0. The van der Waals surface area contributed by atoms with Gasteiger partial charge in [-0.25, -0.2) is 4.79 Å². The van der Waals surface area contributed by atoms with Crippen molar-refractivity contribution < 1.29 is 14.3 Å². The molecule has 0 bridgehead atoms. The van der Waals surface area contributed by atoms with Crippen LogP contribution in [0.3, 0.4) is 0 Å². The first kappa shape index (κ1) is 16.8. The van der Waals surface area contributed by atoms with Crippen LogP contribution in [0.15, 0.2) is 30.3 Å². The van der Waals surface area contributed by atoms with E-state index in [1.54, 1.807) is 7.11 Å². The first-order chi connectivity index (χ1) is 10.4. The third-order valence-electron chi connectivity index (χ3n) is 3.90. The van der Waals surface area contributed by atoms with Gasteiger partial charge in [-0.05, 0) is 45.6 Å². The first-order valence-electron chi connectivity index (χ1n) is 7.95. The first-order valence-corrected chi connectivity index (χ1v) is 7.95. The van der Waals surface area contributed by atoms with Gasteiger partial charge in [0, 0.05) is 13.2 Å². The second kappa shape index (κ2) is 7.14. The molecule has 1 aliphatic rings. The van der Waals surface area contributed by atoms with E-state index < -0.39 is 5.60 Å². The molecule has 1 unspecified atom stereocenters. The van der Waals surface area contributed by atoms with E-state index in [1.807, 2.05) is 43.9 Å². The van der Waals surface area contributed by atoms with Gasteiger partial charge >= 0.3 is 6.09 Å². The van der Waals surface area contributed by atoms with Gasteiger partial charge in [0.2, 0.25) is 0 Å². The maximum Gasteiger partial charge on any atom is 0.410 e. The van der Waals surface area contributed by atoms with Crippen molar-refractivity contribution in [1.82, 2.24) is 4.90 Å². The molecule has 1 saturated heterocycles. The number of benzene rings is 1. The maximum absolute atomic E-state index is 12.6. The molecule has 122 valence electrons. The van der Waals surface area contributed by atoms with Gasteiger partial charge in [-0.2, -0.15) is 0 Å². The molecule has 0 aromatic heterocycles. The van der Waals surface area contributed by atoms with Crippen molar-refractivity contribution in [2.24, 2.45) is 0 Å². The lowest BCUT2D eigenvalue weighted by Crippen LogP contribution is -2.46. The highest BCUT2D eigenvalue weighted by Crippen LogP contribution is 2.29. The Morgan fingerprint density at radius 3 is 2.41 bits per heavy atom. The van der Waals surface area contributed by atoms with Crippen LogP contribution in [0.2, 0.25) is 0 Å². The molecule has 2 atom stereocenters. The summed E-state index contributed by atoms with van der Waals surface area (Å²) in [4.78, 5) is 14.5. The van der Waals surface area contributed by atoms with Crippen LogP contribution in [0.25, 0.3) is 0 Å². The second-order valence-electron chi connectivity index (χ2n) is 6.92. The van der Waals surface area contributed by atoms with E-state index in [1.165, 1.54) is 5.56 Å². The van der Waals surface area contributed by atoms with Crippen molar-refractivity contribution in [3.63, 3.8) is 0 Å². The molecule has 0 radical (unpaired) electrons. The summed E-state index contributed by atoms with van der Waals surface area (Å²) in [7, 11) is 1.68. The van der Waals surface area contributed by atoms with Crippen LogP contribution >= 0.6 is 0 Å². The fraction of sp³-hybridized carbons (Fsp3) is 0.611. The molecule has 1 fully saturated rings. The molecule has 4 nitrogen and oxygen atoms in total. The highest BCUT2D eigenvalue weighted by molar-refractivity contribution is 5.69. The SMILES string of the molecule is COC[C@@H]1CCC(Cc2ccccc2)N1C(=O)OC(C)(C)C. The Morgan fingerprint density at radius 2 is 1.82 bits per heavy atom. The summed E-state index contributed by atoms with van der Waals surface area (Å²) in [6.45, 7) is 6.26. The Morgan fingerprint density at radius 1 is 1.18 bits per heavy atom. The number of carbonyl (C=O) groups is 1. The molecule has 22 heavy (non-hydrogen) atoms. The van der Waals surface area contributed by atoms with E-state index in [2.05, 4.69) is 12.1 Å². The molecule has 1 amide bonds. The predicted octanol–water partition coefficient (Wildman–Crippen LogP) is 3.64. The van der Waals surface area contributed by atoms with E-state index >= 15 is 0 Å². The fourth-order valence-electron chi connectivity index (χ4n) is 3.02. The zero-order valence-corrected chi connectivity index (χ0v) is 14.0. The highest BCUT2D eigenvalue weighted by Gasteiger charge is 2.39. The number of carbonyl (C=O) groups excluding carboxylic acids is 1. The average molecular weight is 305 g/mol. The van der Waals surface area contributed by atoms with Gasteiger partial charge in [0.05, 0.1) is 12.6 Å². The molecule has 0 N–H and O–H groups in total.